The highest BCUT2D eigenvalue weighted by atomic mass is 16.5. The second kappa shape index (κ2) is 5.36. The Hall–Kier alpha value is -2.30. The minimum Gasteiger partial charge on any atom is -0.507 e. The third-order valence-corrected chi connectivity index (χ3v) is 3.45. The Bertz CT molecular complexity index is 552. The number of allylic oxidation sites excluding steroid dienone is 1. The summed E-state index contributed by atoms with van der Waals surface area (Å²) in [5.41, 5.74) is -0.602. The van der Waals surface area contributed by atoms with Crippen molar-refractivity contribution in [2.45, 2.75) is 12.8 Å². The van der Waals surface area contributed by atoms with E-state index in [0.717, 1.165) is 6.08 Å². The van der Waals surface area contributed by atoms with E-state index in [0.29, 0.717) is 24.2 Å². The maximum Gasteiger partial charge on any atom is 0.319 e. The molecular weight excluding hydrogens is 260 g/mol. The smallest absolute Gasteiger partial charge is 0.319 e. The zero-order chi connectivity index (χ0) is 14.8. The van der Waals surface area contributed by atoms with Gasteiger partial charge in [-0.15, -0.1) is 0 Å². The molecule has 0 amide bonds. The van der Waals surface area contributed by atoms with Crippen LogP contribution in [0.4, 0.5) is 0 Å². The van der Waals surface area contributed by atoms with Crippen molar-refractivity contribution in [2.24, 2.45) is 5.41 Å². The second-order valence-corrected chi connectivity index (χ2v) is 4.70. The number of rotatable bonds is 5. The van der Waals surface area contributed by atoms with Gasteiger partial charge in [0.2, 0.25) is 0 Å². The van der Waals surface area contributed by atoms with E-state index in [-0.39, 0.29) is 5.76 Å². The zero-order valence-corrected chi connectivity index (χ0v) is 11.4. The molecular formula is C15H16O5. The van der Waals surface area contributed by atoms with Gasteiger partial charge in [0, 0.05) is 11.6 Å². The third-order valence-electron chi connectivity index (χ3n) is 3.45. The molecule has 1 aliphatic rings. The molecule has 0 heterocycles. The summed E-state index contributed by atoms with van der Waals surface area (Å²) in [6, 6.07) is 6.62. The van der Waals surface area contributed by atoms with Crippen LogP contribution in [0.2, 0.25) is 0 Å². The summed E-state index contributed by atoms with van der Waals surface area (Å²) in [5.74, 6) is -0.479. The number of hydrogen-bond acceptors (Lipinski definition) is 5. The Morgan fingerprint density at radius 1 is 1.20 bits per heavy atom. The van der Waals surface area contributed by atoms with Crippen LogP contribution in [0.15, 0.2) is 30.3 Å². The third kappa shape index (κ3) is 2.52. The molecule has 5 nitrogen and oxygen atoms in total. The molecule has 1 fully saturated rings. The van der Waals surface area contributed by atoms with Crippen molar-refractivity contribution >= 4 is 17.5 Å². The van der Waals surface area contributed by atoms with Gasteiger partial charge in [-0.2, -0.15) is 0 Å². The molecule has 0 aromatic heterocycles. The standard InChI is InChI=1S/C15H16O5/c1-19-11-5-3-10(4-6-11)12(16)9-13(17)15(7-8-15)14(18)20-2/h3-6,9,16H,7-8H2,1-2H3/b12-9-. The lowest BCUT2D eigenvalue weighted by molar-refractivity contribution is -0.150. The number of carbonyl (C=O) groups is 2. The lowest BCUT2D eigenvalue weighted by Crippen LogP contribution is -2.25. The van der Waals surface area contributed by atoms with Gasteiger partial charge in [-0.05, 0) is 37.1 Å². The predicted molar refractivity (Wildman–Crippen MR) is 72.3 cm³/mol. The Labute approximate surface area is 116 Å². The largest absolute Gasteiger partial charge is 0.507 e. The molecule has 1 saturated carbocycles. The van der Waals surface area contributed by atoms with Crippen LogP contribution in [0.25, 0.3) is 5.76 Å². The summed E-state index contributed by atoms with van der Waals surface area (Å²) in [5, 5.41) is 9.95. The van der Waals surface area contributed by atoms with Crippen molar-refractivity contribution in [3.05, 3.63) is 35.9 Å². The SMILES string of the molecule is COC(=O)C1(C(=O)/C=C(\O)c2ccc(OC)cc2)CC1. The zero-order valence-electron chi connectivity index (χ0n) is 11.4. The molecule has 20 heavy (non-hydrogen) atoms. The number of ketones is 1. The molecule has 0 saturated heterocycles. The maximum atomic E-state index is 12.1. The van der Waals surface area contributed by atoms with Crippen molar-refractivity contribution in [1.82, 2.24) is 0 Å². The molecule has 0 aliphatic heterocycles. The van der Waals surface area contributed by atoms with Crippen LogP contribution in [0.1, 0.15) is 18.4 Å². The van der Waals surface area contributed by atoms with Crippen molar-refractivity contribution in [3.8, 4) is 5.75 Å². The minimum atomic E-state index is -1.09. The quantitative estimate of drug-likeness (QED) is 0.386. The van der Waals surface area contributed by atoms with E-state index in [1.807, 2.05) is 0 Å². The van der Waals surface area contributed by atoms with Gasteiger partial charge < -0.3 is 14.6 Å². The molecule has 0 bridgehead atoms. The van der Waals surface area contributed by atoms with Gasteiger partial charge in [-0.3, -0.25) is 9.59 Å². The van der Waals surface area contributed by atoms with Gasteiger partial charge in [0.1, 0.15) is 16.9 Å². The first kappa shape index (κ1) is 14.1. The van der Waals surface area contributed by atoms with E-state index in [1.165, 1.54) is 7.11 Å². The van der Waals surface area contributed by atoms with Gasteiger partial charge in [0.25, 0.3) is 0 Å². The average Bonchev–Trinajstić information content (AvgIpc) is 3.28. The number of esters is 1. The summed E-state index contributed by atoms with van der Waals surface area (Å²) < 4.78 is 9.64. The topological polar surface area (TPSA) is 72.8 Å². The maximum absolute atomic E-state index is 12.1. The summed E-state index contributed by atoms with van der Waals surface area (Å²) in [6.45, 7) is 0. The fraction of sp³-hybridized carbons (Fsp3) is 0.333. The van der Waals surface area contributed by atoms with Crippen LogP contribution < -0.4 is 4.74 Å². The van der Waals surface area contributed by atoms with Crippen LogP contribution in [-0.2, 0) is 14.3 Å². The number of aliphatic hydroxyl groups is 1. The summed E-state index contributed by atoms with van der Waals surface area (Å²) in [4.78, 5) is 23.6. The van der Waals surface area contributed by atoms with E-state index in [2.05, 4.69) is 4.74 Å². The first-order valence-corrected chi connectivity index (χ1v) is 6.21. The van der Waals surface area contributed by atoms with E-state index in [4.69, 9.17) is 4.74 Å². The summed E-state index contributed by atoms with van der Waals surface area (Å²) >= 11 is 0. The van der Waals surface area contributed by atoms with E-state index in [9.17, 15) is 14.7 Å². The summed E-state index contributed by atoms with van der Waals surface area (Å²) in [6.07, 6.45) is 2.02. The van der Waals surface area contributed by atoms with Crippen molar-refractivity contribution < 1.29 is 24.2 Å². The van der Waals surface area contributed by atoms with Crippen LogP contribution in [0, 0.1) is 5.41 Å². The van der Waals surface area contributed by atoms with Gasteiger partial charge in [-0.25, -0.2) is 0 Å². The fourth-order valence-electron chi connectivity index (χ4n) is 1.98. The van der Waals surface area contributed by atoms with Gasteiger partial charge in [0.15, 0.2) is 5.78 Å². The Morgan fingerprint density at radius 2 is 1.80 bits per heavy atom. The molecule has 1 aliphatic carbocycles. The molecule has 0 radical (unpaired) electrons. The monoisotopic (exact) mass is 276 g/mol. The highest BCUT2D eigenvalue weighted by Gasteiger charge is 2.56. The molecule has 1 N–H and O–H groups in total. The Morgan fingerprint density at radius 3 is 2.25 bits per heavy atom. The van der Waals surface area contributed by atoms with Crippen molar-refractivity contribution in [3.63, 3.8) is 0 Å². The molecule has 0 spiro atoms. The number of benzene rings is 1. The number of hydrogen-bond donors (Lipinski definition) is 1. The highest BCUT2D eigenvalue weighted by molar-refractivity contribution is 6.13. The fourth-order valence-corrected chi connectivity index (χ4v) is 1.98. The number of ether oxygens (including phenoxy) is 2. The van der Waals surface area contributed by atoms with Gasteiger partial charge in [-0.1, -0.05) is 0 Å². The van der Waals surface area contributed by atoms with E-state index >= 15 is 0 Å². The lowest BCUT2D eigenvalue weighted by atomic mass is 9.99. The highest BCUT2D eigenvalue weighted by Crippen LogP contribution is 2.48. The number of methoxy groups -OCH3 is 2. The first-order chi connectivity index (χ1) is 9.53. The van der Waals surface area contributed by atoms with Crippen molar-refractivity contribution in [1.29, 1.82) is 0 Å². The second-order valence-electron chi connectivity index (χ2n) is 4.70. The lowest BCUT2D eigenvalue weighted by Gasteiger charge is -2.09. The van der Waals surface area contributed by atoms with Gasteiger partial charge in [0.05, 0.1) is 14.2 Å². The molecule has 106 valence electrons. The number of aliphatic hydroxyl groups excluding tert-OH is 1. The normalized spacial score (nSPS) is 16.4. The number of carbonyl (C=O) groups excluding carboxylic acids is 2. The molecule has 0 unspecified atom stereocenters. The molecule has 0 atom stereocenters. The van der Waals surface area contributed by atoms with Crippen molar-refractivity contribution in [2.75, 3.05) is 14.2 Å². The molecule has 2 rings (SSSR count). The predicted octanol–water partition coefficient (Wildman–Crippen LogP) is 2.12. The molecule has 1 aromatic carbocycles. The van der Waals surface area contributed by atoms with E-state index in [1.54, 1.807) is 31.4 Å². The molecule has 1 aromatic rings. The Kier molecular flexibility index (Phi) is 3.79. The Balaban J connectivity index is 2.17. The van der Waals surface area contributed by atoms with Crippen LogP contribution in [0.5, 0.6) is 5.75 Å². The summed E-state index contributed by atoms with van der Waals surface area (Å²) in [7, 11) is 2.80. The van der Waals surface area contributed by atoms with Crippen LogP contribution in [0.3, 0.4) is 0 Å². The van der Waals surface area contributed by atoms with Crippen LogP contribution >= 0.6 is 0 Å². The van der Waals surface area contributed by atoms with Gasteiger partial charge >= 0.3 is 5.97 Å². The van der Waals surface area contributed by atoms with E-state index < -0.39 is 17.2 Å². The average molecular weight is 276 g/mol. The van der Waals surface area contributed by atoms with Crippen LogP contribution in [-0.4, -0.2) is 31.1 Å². The minimum absolute atomic E-state index is 0.173. The molecule has 5 heteroatoms. The first-order valence-electron chi connectivity index (χ1n) is 6.21.